The van der Waals surface area contributed by atoms with Gasteiger partial charge in [0.2, 0.25) is 5.82 Å². The summed E-state index contributed by atoms with van der Waals surface area (Å²) in [4.78, 5) is 17.8. The molecule has 182 valence electrons. The van der Waals surface area contributed by atoms with Gasteiger partial charge in [-0.3, -0.25) is 14.1 Å². The maximum atomic E-state index is 13.5. The van der Waals surface area contributed by atoms with Gasteiger partial charge in [0.05, 0.1) is 17.3 Å². The summed E-state index contributed by atoms with van der Waals surface area (Å²) in [7, 11) is 0. The third-order valence-electron chi connectivity index (χ3n) is 6.04. The first-order chi connectivity index (χ1) is 17.6. The first-order valence-corrected chi connectivity index (χ1v) is 12.8. The second-order valence-electron chi connectivity index (χ2n) is 8.39. The van der Waals surface area contributed by atoms with Gasteiger partial charge in [-0.05, 0) is 63.3 Å². The number of hydrogen-bond acceptors (Lipinski definition) is 5. The van der Waals surface area contributed by atoms with Crippen LogP contribution in [-0.2, 0) is 13.0 Å². The molecular weight excluding hydrogens is 542 g/mol. The summed E-state index contributed by atoms with van der Waals surface area (Å²) >= 11 is 10.0. The molecule has 0 saturated carbocycles. The van der Waals surface area contributed by atoms with Crippen LogP contribution in [0.15, 0.2) is 76.4 Å². The zero-order valence-corrected chi connectivity index (χ0v) is 21.9. The topological polar surface area (TPSA) is 94.3 Å². The van der Waals surface area contributed by atoms with Crippen LogP contribution < -0.4 is 5.69 Å². The first kappa shape index (κ1) is 24.1. The number of nitrogens with zero attached hydrogens (tertiary/aromatic N) is 6. The Hall–Kier alpha value is -3.56. The molecule has 2 aromatic carbocycles. The summed E-state index contributed by atoms with van der Waals surface area (Å²) in [5.41, 5.74) is 5.24. The van der Waals surface area contributed by atoms with E-state index in [1.54, 1.807) is 23.0 Å². The smallest absolute Gasteiger partial charge is 0.292 e. The van der Waals surface area contributed by atoms with E-state index >= 15 is 0 Å². The van der Waals surface area contributed by atoms with E-state index in [9.17, 15) is 4.79 Å². The number of rotatable bonds is 8. The van der Waals surface area contributed by atoms with Crippen LogP contribution in [0.25, 0.3) is 28.2 Å². The Bertz CT molecular complexity index is 1520. The van der Waals surface area contributed by atoms with Crippen LogP contribution in [-0.4, -0.2) is 34.7 Å². The van der Waals surface area contributed by atoms with E-state index in [1.807, 2.05) is 53.2 Å². The number of aryl methyl sites for hydroxylation is 1. The van der Waals surface area contributed by atoms with Crippen molar-refractivity contribution in [3.05, 3.63) is 98.4 Å². The van der Waals surface area contributed by atoms with Crippen LogP contribution in [0, 0.1) is 0 Å². The molecule has 0 aliphatic rings. The quantitative estimate of drug-likeness (QED) is 0.261. The average molecular weight is 565 g/mol. The number of nitrogens with one attached hydrogen (secondary N) is 1. The number of imidazole rings is 1. The van der Waals surface area contributed by atoms with E-state index in [0.717, 1.165) is 51.7 Å². The van der Waals surface area contributed by atoms with Gasteiger partial charge in [0.25, 0.3) is 0 Å². The van der Waals surface area contributed by atoms with Crippen LogP contribution in [0.2, 0.25) is 5.02 Å². The molecule has 3 heterocycles. The van der Waals surface area contributed by atoms with Crippen molar-refractivity contribution in [3.8, 4) is 28.2 Å². The fourth-order valence-corrected chi connectivity index (χ4v) is 5.14. The lowest BCUT2D eigenvalue weighted by Gasteiger charge is -2.10. The monoisotopic (exact) mass is 563 g/mol. The van der Waals surface area contributed by atoms with Crippen molar-refractivity contribution in [2.24, 2.45) is 0 Å². The molecule has 0 spiro atoms. The number of unbranched alkanes of at least 4 members (excludes halogenated alkanes) is 1. The molecule has 0 unspecified atom stereocenters. The molecule has 0 bridgehead atoms. The Balaban J connectivity index is 1.49. The minimum Gasteiger partial charge on any atom is -0.292 e. The second-order valence-corrected chi connectivity index (χ2v) is 9.65. The predicted octanol–water partition coefficient (Wildman–Crippen LogP) is 5.69. The lowest BCUT2D eigenvalue weighted by molar-refractivity contribution is 0.674. The lowest BCUT2D eigenvalue weighted by atomic mass is 10.0. The molecule has 0 aliphatic carbocycles. The van der Waals surface area contributed by atoms with Gasteiger partial charge in [-0.25, -0.2) is 4.79 Å². The molecule has 8 nitrogen and oxygen atoms in total. The summed E-state index contributed by atoms with van der Waals surface area (Å²) in [5.74, 6) is 0.510. The van der Waals surface area contributed by atoms with Crippen LogP contribution in [0.4, 0.5) is 0 Å². The van der Waals surface area contributed by atoms with Gasteiger partial charge in [0, 0.05) is 39.9 Å². The number of pyridine rings is 1. The normalized spacial score (nSPS) is 11.2. The highest BCUT2D eigenvalue weighted by Crippen LogP contribution is 2.30. The van der Waals surface area contributed by atoms with Gasteiger partial charge in [-0.2, -0.15) is 5.21 Å². The molecule has 0 amide bonds. The Morgan fingerprint density at radius 3 is 2.64 bits per heavy atom. The average Bonchev–Trinajstić information content (AvgIpc) is 3.53. The van der Waals surface area contributed by atoms with Gasteiger partial charge in [-0.1, -0.05) is 55.3 Å². The second kappa shape index (κ2) is 10.6. The van der Waals surface area contributed by atoms with E-state index in [-0.39, 0.29) is 5.69 Å². The number of para-hydroxylation sites is 1. The minimum atomic E-state index is -0.120. The van der Waals surface area contributed by atoms with Crippen molar-refractivity contribution < 1.29 is 0 Å². The van der Waals surface area contributed by atoms with Crippen molar-refractivity contribution >= 4 is 27.5 Å². The standard InChI is InChI=1S/C26H23BrClN7O/c1-2-3-5-19-16-35(24-22(27)6-4-7-23(24)28)26(36)34(19)15-17-8-10-18(11-9-17)21-14-29-13-12-20(21)25-30-32-33-31-25/h4,6-14,16H,2-3,5,15H2,1H3,(H,30,31,32,33). The maximum Gasteiger partial charge on any atom is 0.333 e. The molecule has 0 aliphatic heterocycles. The molecule has 0 radical (unpaired) electrons. The van der Waals surface area contributed by atoms with Gasteiger partial charge in [-0.15, -0.1) is 10.2 Å². The fraction of sp³-hybridized carbons (Fsp3) is 0.192. The number of benzene rings is 2. The number of hydrogen-bond donors (Lipinski definition) is 1. The SMILES string of the molecule is CCCCc1cn(-c2c(Cl)cccc2Br)c(=O)n1Cc1ccc(-c2cnccc2-c2nn[nH]n2)cc1. The molecule has 0 atom stereocenters. The van der Waals surface area contributed by atoms with Crippen LogP contribution in [0.3, 0.4) is 0 Å². The highest BCUT2D eigenvalue weighted by atomic mass is 79.9. The Morgan fingerprint density at radius 2 is 1.92 bits per heavy atom. The van der Waals surface area contributed by atoms with E-state index in [4.69, 9.17) is 11.6 Å². The Morgan fingerprint density at radius 1 is 1.08 bits per heavy atom. The summed E-state index contributed by atoms with van der Waals surface area (Å²) in [6, 6.07) is 15.5. The minimum absolute atomic E-state index is 0.120. The van der Waals surface area contributed by atoms with Gasteiger partial charge in [0.1, 0.15) is 0 Å². The summed E-state index contributed by atoms with van der Waals surface area (Å²) in [6.07, 6.45) is 8.24. The number of H-pyrrole nitrogens is 1. The fourth-order valence-electron chi connectivity index (χ4n) is 4.20. The summed E-state index contributed by atoms with van der Waals surface area (Å²) in [6.45, 7) is 2.60. The molecular formula is C26H23BrClN7O. The van der Waals surface area contributed by atoms with E-state index in [2.05, 4.69) is 48.5 Å². The molecule has 5 rings (SSSR count). The van der Waals surface area contributed by atoms with Crippen molar-refractivity contribution in [2.45, 2.75) is 32.7 Å². The molecule has 1 N–H and O–H groups in total. The van der Waals surface area contributed by atoms with Gasteiger partial charge < -0.3 is 0 Å². The van der Waals surface area contributed by atoms with Crippen LogP contribution >= 0.6 is 27.5 Å². The summed E-state index contributed by atoms with van der Waals surface area (Å²) < 4.78 is 4.24. The highest BCUT2D eigenvalue weighted by molar-refractivity contribution is 9.10. The van der Waals surface area contributed by atoms with E-state index < -0.39 is 0 Å². The largest absolute Gasteiger partial charge is 0.333 e. The lowest BCUT2D eigenvalue weighted by Crippen LogP contribution is -2.25. The molecule has 0 saturated heterocycles. The molecule has 3 aromatic heterocycles. The third-order valence-corrected chi connectivity index (χ3v) is 6.98. The van der Waals surface area contributed by atoms with Crippen molar-refractivity contribution in [1.82, 2.24) is 34.7 Å². The van der Waals surface area contributed by atoms with Crippen molar-refractivity contribution in [2.75, 3.05) is 0 Å². The molecule has 0 fully saturated rings. The zero-order valence-electron chi connectivity index (χ0n) is 19.5. The highest BCUT2D eigenvalue weighted by Gasteiger charge is 2.17. The third kappa shape index (κ3) is 4.76. The number of tetrazole rings is 1. The number of aromatic nitrogens is 7. The molecule has 36 heavy (non-hydrogen) atoms. The van der Waals surface area contributed by atoms with Crippen LogP contribution in [0.1, 0.15) is 31.0 Å². The van der Waals surface area contributed by atoms with E-state index in [1.165, 1.54) is 0 Å². The van der Waals surface area contributed by atoms with Crippen LogP contribution in [0.5, 0.6) is 0 Å². The molecule has 10 heteroatoms. The Kier molecular flexibility index (Phi) is 7.11. The summed E-state index contributed by atoms with van der Waals surface area (Å²) in [5, 5.41) is 14.9. The van der Waals surface area contributed by atoms with Crippen molar-refractivity contribution in [3.63, 3.8) is 0 Å². The number of halogens is 2. The molecule has 5 aromatic rings. The Labute approximate surface area is 221 Å². The van der Waals surface area contributed by atoms with Gasteiger partial charge >= 0.3 is 5.69 Å². The van der Waals surface area contributed by atoms with Gasteiger partial charge in [0.15, 0.2) is 0 Å². The zero-order chi connectivity index (χ0) is 25.1. The number of aromatic amines is 1. The predicted molar refractivity (Wildman–Crippen MR) is 143 cm³/mol. The van der Waals surface area contributed by atoms with Crippen molar-refractivity contribution in [1.29, 1.82) is 0 Å². The maximum absolute atomic E-state index is 13.5. The van der Waals surface area contributed by atoms with E-state index in [0.29, 0.717) is 23.1 Å². The first-order valence-electron chi connectivity index (χ1n) is 11.6.